The van der Waals surface area contributed by atoms with Crippen molar-refractivity contribution >= 4 is 41.2 Å². The lowest BCUT2D eigenvalue weighted by atomic mass is 10.2. The van der Waals surface area contributed by atoms with Crippen molar-refractivity contribution in [1.82, 2.24) is 0 Å². The molecule has 0 spiro atoms. The van der Waals surface area contributed by atoms with E-state index in [0.29, 0.717) is 26.8 Å². The second kappa shape index (κ2) is 5.74. The molecule has 5 heteroatoms. The zero-order valence-electron chi connectivity index (χ0n) is 8.99. The van der Waals surface area contributed by atoms with Gasteiger partial charge in [-0.3, -0.25) is 4.79 Å². The van der Waals surface area contributed by atoms with E-state index < -0.39 is 5.82 Å². The second-order valence-electron chi connectivity index (χ2n) is 3.48. The summed E-state index contributed by atoms with van der Waals surface area (Å²) in [5, 5.41) is 0.909. The van der Waals surface area contributed by atoms with Crippen LogP contribution in [-0.2, 0) is 0 Å². The molecule has 0 unspecified atom stereocenters. The summed E-state index contributed by atoms with van der Waals surface area (Å²) >= 11 is 13.0. The van der Waals surface area contributed by atoms with Crippen molar-refractivity contribution in [3.05, 3.63) is 57.8 Å². The molecule has 0 N–H and O–H groups in total. The number of hydrogen-bond donors (Lipinski definition) is 0. The van der Waals surface area contributed by atoms with Gasteiger partial charge in [0.15, 0.2) is 6.29 Å². The number of benzene rings is 2. The summed E-state index contributed by atoms with van der Waals surface area (Å²) in [4.78, 5) is 12.4. The van der Waals surface area contributed by atoms with Gasteiger partial charge in [-0.1, -0.05) is 35.0 Å². The molecule has 0 saturated carbocycles. The standard InChI is InChI=1S/C13H7Cl2FOS/c14-11-3-2-10(6-12(11)15)18-13-4-1-9(16)5-8(13)7-17/h1-7H. The van der Waals surface area contributed by atoms with Crippen molar-refractivity contribution < 1.29 is 9.18 Å². The Hall–Kier alpha value is -1.03. The third-order valence-electron chi connectivity index (χ3n) is 2.22. The number of halogens is 3. The van der Waals surface area contributed by atoms with Crippen LogP contribution < -0.4 is 0 Å². The van der Waals surface area contributed by atoms with Gasteiger partial charge in [0.1, 0.15) is 5.82 Å². The molecular weight excluding hydrogens is 294 g/mol. The van der Waals surface area contributed by atoms with E-state index in [1.807, 2.05) is 0 Å². The van der Waals surface area contributed by atoms with Crippen LogP contribution >= 0.6 is 35.0 Å². The molecule has 2 aromatic rings. The fraction of sp³-hybridized carbons (Fsp3) is 0. The minimum Gasteiger partial charge on any atom is -0.298 e. The summed E-state index contributed by atoms with van der Waals surface area (Å²) in [5.74, 6) is -0.435. The first-order chi connectivity index (χ1) is 8.60. The maximum Gasteiger partial charge on any atom is 0.151 e. The van der Waals surface area contributed by atoms with E-state index in [4.69, 9.17) is 23.2 Å². The largest absolute Gasteiger partial charge is 0.298 e. The topological polar surface area (TPSA) is 17.1 Å². The van der Waals surface area contributed by atoms with E-state index in [0.717, 1.165) is 4.90 Å². The smallest absolute Gasteiger partial charge is 0.151 e. The molecule has 92 valence electrons. The Morgan fingerprint density at radius 3 is 2.50 bits per heavy atom. The second-order valence-corrected chi connectivity index (χ2v) is 5.41. The number of hydrogen-bond acceptors (Lipinski definition) is 2. The van der Waals surface area contributed by atoms with Crippen molar-refractivity contribution in [3.8, 4) is 0 Å². The van der Waals surface area contributed by atoms with Crippen LogP contribution in [0.3, 0.4) is 0 Å². The molecule has 0 aliphatic heterocycles. The van der Waals surface area contributed by atoms with Gasteiger partial charge in [0.2, 0.25) is 0 Å². The van der Waals surface area contributed by atoms with Crippen LogP contribution in [0.25, 0.3) is 0 Å². The van der Waals surface area contributed by atoms with Crippen molar-refractivity contribution in [3.63, 3.8) is 0 Å². The third kappa shape index (κ3) is 3.05. The van der Waals surface area contributed by atoms with Gasteiger partial charge in [0, 0.05) is 15.4 Å². The lowest BCUT2D eigenvalue weighted by Gasteiger charge is -2.05. The average Bonchev–Trinajstić information content (AvgIpc) is 2.36. The van der Waals surface area contributed by atoms with Crippen LogP contribution in [0.4, 0.5) is 4.39 Å². The molecule has 0 amide bonds. The number of carbonyl (C=O) groups is 1. The molecule has 18 heavy (non-hydrogen) atoms. The van der Waals surface area contributed by atoms with E-state index >= 15 is 0 Å². The highest BCUT2D eigenvalue weighted by Gasteiger charge is 2.07. The molecule has 0 radical (unpaired) electrons. The lowest BCUT2D eigenvalue weighted by molar-refractivity contribution is 0.112. The molecule has 0 aliphatic rings. The van der Waals surface area contributed by atoms with Crippen LogP contribution in [0, 0.1) is 5.82 Å². The highest BCUT2D eigenvalue weighted by molar-refractivity contribution is 7.99. The minimum atomic E-state index is -0.435. The molecule has 0 bridgehead atoms. The molecule has 0 saturated heterocycles. The quantitative estimate of drug-likeness (QED) is 0.734. The molecule has 1 nitrogen and oxygen atoms in total. The predicted octanol–water partition coefficient (Wildman–Crippen LogP) is 5.10. The van der Waals surface area contributed by atoms with E-state index in [-0.39, 0.29) is 0 Å². The average molecular weight is 301 g/mol. The maximum atomic E-state index is 13.0. The maximum absolute atomic E-state index is 13.0. The summed E-state index contributed by atoms with van der Waals surface area (Å²) in [6, 6.07) is 9.24. The predicted molar refractivity (Wildman–Crippen MR) is 72.4 cm³/mol. The summed E-state index contributed by atoms with van der Waals surface area (Å²) in [6.07, 6.45) is 0.628. The summed E-state index contributed by atoms with van der Waals surface area (Å²) in [6.45, 7) is 0. The minimum absolute atomic E-state index is 0.311. The van der Waals surface area contributed by atoms with E-state index in [2.05, 4.69) is 0 Å². The van der Waals surface area contributed by atoms with Gasteiger partial charge in [-0.25, -0.2) is 4.39 Å². The van der Waals surface area contributed by atoms with Crippen molar-refractivity contribution in [2.75, 3.05) is 0 Å². The van der Waals surface area contributed by atoms with E-state index in [9.17, 15) is 9.18 Å². The Kier molecular flexibility index (Phi) is 4.27. The molecule has 2 aromatic carbocycles. The summed E-state index contributed by atoms with van der Waals surface area (Å²) in [7, 11) is 0. The highest BCUT2D eigenvalue weighted by Crippen LogP contribution is 2.34. The Labute approximate surface area is 118 Å². The molecule has 0 heterocycles. The molecule has 2 rings (SSSR count). The lowest BCUT2D eigenvalue weighted by Crippen LogP contribution is -1.87. The molecule has 0 fully saturated rings. The number of rotatable bonds is 3. The molecular formula is C13H7Cl2FOS. The van der Waals surface area contributed by atoms with E-state index in [1.54, 1.807) is 24.3 Å². The van der Waals surface area contributed by atoms with Gasteiger partial charge in [-0.05, 0) is 36.4 Å². The summed E-state index contributed by atoms with van der Waals surface area (Å²) in [5.41, 5.74) is 0.311. The van der Waals surface area contributed by atoms with Gasteiger partial charge in [-0.2, -0.15) is 0 Å². The van der Waals surface area contributed by atoms with E-state index in [1.165, 1.54) is 23.9 Å². The Bertz CT molecular complexity index is 602. The van der Waals surface area contributed by atoms with Gasteiger partial charge >= 0.3 is 0 Å². The van der Waals surface area contributed by atoms with Crippen LogP contribution in [-0.4, -0.2) is 6.29 Å². The Morgan fingerprint density at radius 1 is 1.06 bits per heavy atom. The van der Waals surface area contributed by atoms with Crippen molar-refractivity contribution in [2.24, 2.45) is 0 Å². The van der Waals surface area contributed by atoms with Gasteiger partial charge in [0.05, 0.1) is 10.0 Å². The van der Waals surface area contributed by atoms with Crippen molar-refractivity contribution in [2.45, 2.75) is 9.79 Å². The van der Waals surface area contributed by atoms with Crippen LogP contribution in [0.5, 0.6) is 0 Å². The van der Waals surface area contributed by atoms with Crippen molar-refractivity contribution in [1.29, 1.82) is 0 Å². The monoisotopic (exact) mass is 300 g/mol. The first-order valence-electron chi connectivity index (χ1n) is 4.98. The molecule has 0 aliphatic carbocycles. The fourth-order valence-corrected chi connectivity index (χ4v) is 2.66. The van der Waals surface area contributed by atoms with Crippen LogP contribution in [0.15, 0.2) is 46.2 Å². The van der Waals surface area contributed by atoms with Crippen LogP contribution in [0.1, 0.15) is 10.4 Å². The normalized spacial score (nSPS) is 10.4. The van der Waals surface area contributed by atoms with Gasteiger partial charge in [0.25, 0.3) is 0 Å². The first-order valence-corrected chi connectivity index (χ1v) is 6.55. The number of carbonyl (C=O) groups excluding carboxylic acids is 1. The van der Waals surface area contributed by atoms with Gasteiger partial charge < -0.3 is 0 Å². The molecule has 0 atom stereocenters. The fourth-order valence-electron chi connectivity index (χ4n) is 1.37. The summed E-state index contributed by atoms with van der Waals surface area (Å²) < 4.78 is 13.0. The zero-order chi connectivity index (χ0) is 13.1. The first kappa shape index (κ1) is 13.4. The SMILES string of the molecule is O=Cc1cc(F)ccc1Sc1ccc(Cl)c(Cl)c1. The van der Waals surface area contributed by atoms with Gasteiger partial charge in [-0.15, -0.1) is 0 Å². The zero-order valence-corrected chi connectivity index (χ0v) is 11.3. The number of aldehydes is 1. The Balaban J connectivity index is 2.33. The third-order valence-corrected chi connectivity index (χ3v) is 4.04. The van der Waals surface area contributed by atoms with Crippen LogP contribution in [0.2, 0.25) is 10.0 Å². The highest BCUT2D eigenvalue weighted by atomic mass is 35.5. The Morgan fingerprint density at radius 2 is 1.83 bits per heavy atom. The molecule has 0 aromatic heterocycles.